The van der Waals surface area contributed by atoms with Gasteiger partial charge in [-0.25, -0.2) is 9.18 Å². The highest BCUT2D eigenvalue weighted by Crippen LogP contribution is 2.21. The summed E-state index contributed by atoms with van der Waals surface area (Å²) in [7, 11) is 0. The summed E-state index contributed by atoms with van der Waals surface area (Å²) < 4.78 is 18.3. The predicted molar refractivity (Wildman–Crippen MR) is 95.2 cm³/mol. The molecule has 0 radical (unpaired) electrons. The third kappa shape index (κ3) is 4.11. The molecule has 138 valence electrons. The van der Waals surface area contributed by atoms with Crippen LogP contribution < -0.4 is 5.32 Å². The molecule has 6 nitrogen and oxygen atoms in total. The number of aromatic nitrogens is 1. The molecule has 0 spiro atoms. The minimum absolute atomic E-state index is 0.122. The molecule has 1 aromatic heterocycles. The van der Waals surface area contributed by atoms with E-state index in [9.17, 15) is 18.8 Å². The van der Waals surface area contributed by atoms with Crippen LogP contribution in [-0.2, 0) is 9.53 Å². The number of nitrogens with one attached hydrogen (secondary N) is 2. The maximum absolute atomic E-state index is 13.1. The van der Waals surface area contributed by atoms with Crippen LogP contribution in [0.25, 0.3) is 0 Å². The quantitative estimate of drug-likeness (QED) is 0.609. The molecule has 2 aromatic rings. The van der Waals surface area contributed by atoms with Gasteiger partial charge < -0.3 is 15.0 Å². The molecule has 8 heteroatoms. The number of rotatable bonds is 5. The second-order valence-electron chi connectivity index (χ2n) is 5.85. The van der Waals surface area contributed by atoms with Crippen molar-refractivity contribution >= 4 is 34.9 Å². The summed E-state index contributed by atoms with van der Waals surface area (Å²) in [6, 6.07) is 3.70. The molecular formula is C18H18ClFN2O4. The van der Waals surface area contributed by atoms with Crippen LogP contribution >= 0.6 is 11.6 Å². The number of carbonyl (C=O) groups is 3. The Kier molecular flexibility index (Phi) is 5.82. The fourth-order valence-corrected chi connectivity index (χ4v) is 2.75. The number of ketones is 1. The predicted octanol–water partition coefficient (Wildman–Crippen LogP) is 3.81. The van der Waals surface area contributed by atoms with Crippen LogP contribution in [0.4, 0.5) is 10.1 Å². The number of ether oxygens (including phenoxy) is 1. The van der Waals surface area contributed by atoms with E-state index >= 15 is 0 Å². The van der Waals surface area contributed by atoms with Crippen LogP contribution in [0.3, 0.4) is 0 Å². The van der Waals surface area contributed by atoms with Crippen molar-refractivity contribution in [3.8, 4) is 0 Å². The van der Waals surface area contributed by atoms with E-state index < -0.39 is 23.8 Å². The number of halogens is 2. The molecule has 0 bridgehead atoms. The normalized spacial score (nSPS) is 11.8. The van der Waals surface area contributed by atoms with Crippen LogP contribution in [0.15, 0.2) is 18.2 Å². The third-order valence-electron chi connectivity index (χ3n) is 3.83. The Morgan fingerprint density at radius 2 is 1.92 bits per heavy atom. The number of aromatic amines is 1. The standard InChI is InChI=1S/C18H18ClFN2O4/c1-8-15(10(3)23)9(2)21-16(8)18(25)26-11(4)17(24)22-12-5-6-14(20)13(19)7-12/h5-7,11,21H,1-4H3,(H,22,24)/t11-/m0/s1. The maximum Gasteiger partial charge on any atom is 0.355 e. The Hall–Kier alpha value is -2.67. The Bertz CT molecular complexity index is 892. The molecule has 2 rings (SSSR count). The first-order chi connectivity index (χ1) is 12.1. The molecule has 1 amide bonds. The van der Waals surface area contributed by atoms with Gasteiger partial charge in [-0.05, 0) is 51.5 Å². The highest BCUT2D eigenvalue weighted by Gasteiger charge is 2.24. The maximum atomic E-state index is 13.1. The van der Waals surface area contributed by atoms with Gasteiger partial charge in [0.15, 0.2) is 11.9 Å². The molecule has 26 heavy (non-hydrogen) atoms. The van der Waals surface area contributed by atoms with Gasteiger partial charge in [-0.2, -0.15) is 0 Å². The van der Waals surface area contributed by atoms with E-state index in [0.29, 0.717) is 16.8 Å². The summed E-state index contributed by atoms with van der Waals surface area (Å²) in [6.45, 7) is 6.11. The zero-order valence-corrected chi connectivity index (χ0v) is 15.5. The zero-order valence-electron chi connectivity index (χ0n) is 14.7. The van der Waals surface area contributed by atoms with Crippen LogP contribution in [0.5, 0.6) is 0 Å². The first kappa shape index (κ1) is 19.7. The molecule has 0 aliphatic rings. The monoisotopic (exact) mass is 380 g/mol. The van der Waals surface area contributed by atoms with Gasteiger partial charge in [-0.3, -0.25) is 9.59 Å². The SMILES string of the molecule is CC(=O)c1c(C)[nH]c(C(=O)O[C@@H](C)C(=O)Nc2ccc(F)c(Cl)c2)c1C. The van der Waals surface area contributed by atoms with Crippen LogP contribution in [0.2, 0.25) is 5.02 Å². The van der Waals surface area contributed by atoms with E-state index in [1.165, 1.54) is 26.0 Å². The van der Waals surface area contributed by atoms with Crippen molar-refractivity contribution in [1.82, 2.24) is 4.98 Å². The molecule has 0 aliphatic carbocycles. The first-order valence-electron chi connectivity index (χ1n) is 7.78. The fourth-order valence-electron chi connectivity index (χ4n) is 2.57. The number of benzene rings is 1. The van der Waals surface area contributed by atoms with Crippen molar-refractivity contribution in [3.05, 3.63) is 51.6 Å². The lowest BCUT2D eigenvalue weighted by Crippen LogP contribution is -2.30. The lowest BCUT2D eigenvalue weighted by molar-refractivity contribution is -0.123. The van der Waals surface area contributed by atoms with Crippen molar-refractivity contribution in [1.29, 1.82) is 0 Å². The van der Waals surface area contributed by atoms with E-state index in [-0.39, 0.29) is 22.2 Å². The summed E-state index contributed by atoms with van der Waals surface area (Å²) in [5, 5.41) is 2.35. The van der Waals surface area contributed by atoms with Gasteiger partial charge in [0.25, 0.3) is 5.91 Å². The van der Waals surface area contributed by atoms with Crippen LogP contribution in [0.1, 0.15) is 46.0 Å². The highest BCUT2D eigenvalue weighted by atomic mass is 35.5. The summed E-state index contributed by atoms with van der Waals surface area (Å²) in [6.07, 6.45) is -1.12. The number of H-pyrrole nitrogens is 1. The van der Waals surface area contributed by atoms with E-state index in [2.05, 4.69) is 10.3 Å². The third-order valence-corrected chi connectivity index (χ3v) is 4.12. The smallest absolute Gasteiger partial charge is 0.355 e. The van der Waals surface area contributed by atoms with Gasteiger partial charge in [0.2, 0.25) is 0 Å². The number of anilines is 1. The molecule has 0 unspecified atom stereocenters. The average Bonchev–Trinajstić information content (AvgIpc) is 2.85. The molecule has 1 atom stereocenters. The van der Waals surface area contributed by atoms with Crippen molar-refractivity contribution < 1.29 is 23.5 Å². The van der Waals surface area contributed by atoms with E-state index in [1.807, 2.05) is 0 Å². The first-order valence-corrected chi connectivity index (χ1v) is 8.16. The van der Waals surface area contributed by atoms with Gasteiger partial charge in [-0.15, -0.1) is 0 Å². The molecule has 0 saturated carbocycles. The Balaban J connectivity index is 2.09. The van der Waals surface area contributed by atoms with Crippen molar-refractivity contribution in [2.75, 3.05) is 5.32 Å². The molecule has 1 heterocycles. The minimum atomic E-state index is -1.12. The van der Waals surface area contributed by atoms with Gasteiger partial charge in [0.1, 0.15) is 11.5 Å². The number of hydrogen-bond acceptors (Lipinski definition) is 4. The summed E-state index contributed by atoms with van der Waals surface area (Å²) in [4.78, 5) is 38.9. The van der Waals surface area contributed by atoms with Gasteiger partial charge in [-0.1, -0.05) is 11.6 Å². The van der Waals surface area contributed by atoms with E-state index in [1.54, 1.807) is 13.8 Å². The lowest BCUT2D eigenvalue weighted by atomic mass is 10.1. The second kappa shape index (κ2) is 7.70. The Morgan fingerprint density at radius 3 is 2.46 bits per heavy atom. The molecule has 2 N–H and O–H groups in total. The molecule has 1 aromatic carbocycles. The Labute approximate surface area is 154 Å². The van der Waals surface area contributed by atoms with E-state index in [4.69, 9.17) is 16.3 Å². The molecule has 0 saturated heterocycles. The lowest BCUT2D eigenvalue weighted by Gasteiger charge is -2.13. The summed E-state index contributed by atoms with van der Waals surface area (Å²) >= 11 is 5.66. The van der Waals surface area contributed by atoms with Gasteiger partial charge in [0.05, 0.1) is 5.02 Å². The van der Waals surface area contributed by atoms with Crippen LogP contribution in [-0.4, -0.2) is 28.7 Å². The number of Topliss-reactive ketones (excluding diaryl/α,β-unsaturated/α-hetero) is 1. The molecule has 0 aliphatic heterocycles. The zero-order chi connectivity index (χ0) is 19.6. The van der Waals surface area contributed by atoms with E-state index in [0.717, 1.165) is 6.07 Å². The number of esters is 1. The highest BCUT2D eigenvalue weighted by molar-refractivity contribution is 6.31. The van der Waals surface area contributed by atoms with Crippen LogP contribution in [0, 0.1) is 19.7 Å². The second-order valence-corrected chi connectivity index (χ2v) is 6.25. The molecular weight excluding hydrogens is 363 g/mol. The number of hydrogen-bond donors (Lipinski definition) is 2. The van der Waals surface area contributed by atoms with Gasteiger partial charge >= 0.3 is 5.97 Å². The average molecular weight is 381 g/mol. The largest absolute Gasteiger partial charge is 0.448 e. The number of aryl methyl sites for hydroxylation is 1. The van der Waals surface area contributed by atoms with Crippen molar-refractivity contribution in [3.63, 3.8) is 0 Å². The minimum Gasteiger partial charge on any atom is -0.448 e. The Morgan fingerprint density at radius 1 is 1.27 bits per heavy atom. The number of amides is 1. The topological polar surface area (TPSA) is 88.3 Å². The summed E-state index contributed by atoms with van der Waals surface area (Å²) in [5.41, 5.74) is 1.85. The number of carbonyl (C=O) groups excluding carboxylic acids is 3. The fraction of sp³-hybridized carbons (Fsp3) is 0.278. The van der Waals surface area contributed by atoms with Gasteiger partial charge in [0, 0.05) is 16.9 Å². The van der Waals surface area contributed by atoms with Crippen molar-refractivity contribution in [2.24, 2.45) is 0 Å². The van der Waals surface area contributed by atoms with Crippen molar-refractivity contribution in [2.45, 2.75) is 33.8 Å². The molecule has 0 fully saturated rings. The summed E-state index contributed by atoms with van der Waals surface area (Å²) in [5.74, 6) is -2.14.